The molecule has 0 aromatic rings. The molecule has 498 valence electrons. The van der Waals surface area contributed by atoms with Gasteiger partial charge in [0.1, 0.15) is 48.8 Å². The first-order valence-electron chi connectivity index (χ1n) is 35.9. The van der Waals surface area contributed by atoms with Crippen LogP contribution in [0.2, 0.25) is 0 Å². The van der Waals surface area contributed by atoms with Gasteiger partial charge in [-0.15, -0.1) is 0 Å². The lowest BCUT2D eigenvalue weighted by Gasteiger charge is -2.46. The number of aliphatic hydroxyl groups is 8. The van der Waals surface area contributed by atoms with Crippen LogP contribution in [0.3, 0.4) is 0 Å². The zero-order valence-corrected chi connectivity index (χ0v) is 54.2. The Labute approximate surface area is 514 Å². The molecule has 0 aromatic heterocycles. The number of hydrogen-bond acceptors (Lipinski definition) is 13. The molecule has 2 fully saturated rings. The fourth-order valence-corrected chi connectivity index (χ4v) is 12.2. The maximum absolute atomic E-state index is 13.3. The van der Waals surface area contributed by atoms with Crippen molar-refractivity contribution < 1.29 is 64.6 Å². The first-order valence-corrected chi connectivity index (χ1v) is 35.9. The molecule has 9 N–H and O–H groups in total. The molecular weight excluding hydrogens is 1060 g/mol. The van der Waals surface area contributed by atoms with Gasteiger partial charge in [0.15, 0.2) is 12.6 Å². The van der Waals surface area contributed by atoms with Gasteiger partial charge < -0.3 is 65.1 Å². The Morgan fingerprint density at radius 3 is 1.10 bits per heavy atom. The van der Waals surface area contributed by atoms with E-state index in [0.717, 1.165) is 38.5 Å². The Morgan fingerprint density at radius 2 is 0.738 bits per heavy atom. The molecule has 0 aromatic carbocycles. The largest absolute Gasteiger partial charge is 0.394 e. The van der Waals surface area contributed by atoms with Crippen LogP contribution in [0, 0.1) is 0 Å². The summed E-state index contributed by atoms with van der Waals surface area (Å²) in [6.07, 6.45) is 52.0. The first-order chi connectivity index (χ1) is 41.1. The summed E-state index contributed by atoms with van der Waals surface area (Å²) in [6, 6.07) is -0.909. The van der Waals surface area contributed by atoms with Gasteiger partial charge in [-0.3, -0.25) is 4.79 Å². The average molecular weight is 1200 g/mol. The van der Waals surface area contributed by atoms with Gasteiger partial charge in [-0.1, -0.05) is 321 Å². The zero-order chi connectivity index (χ0) is 60.9. The minimum absolute atomic E-state index is 0.234. The van der Waals surface area contributed by atoms with E-state index in [-0.39, 0.29) is 18.9 Å². The highest BCUT2D eigenvalue weighted by Crippen LogP contribution is 2.30. The van der Waals surface area contributed by atoms with Crippen molar-refractivity contribution in [2.24, 2.45) is 0 Å². The number of ether oxygens (including phenoxy) is 4. The van der Waals surface area contributed by atoms with E-state index >= 15 is 0 Å². The molecular formula is C70H135NO13. The molecule has 2 aliphatic heterocycles. The summed E-state index contributed by atoms with van der Waals surface area (Å²) in [5, 5.41) is 87.0. The smallest absolute Gasteiger partial charge is 0.220 e. The lowest BCUT2D eigenvalue weighted by atomic mass is 9.97. The third-order valence-electron chi connectivity index (χ3n) is 18.0. The van der Waals surface area contributed by atoms with Gasteiger partial charge in [0.05, 0.1) is 32.0 Å². The Bertz CT molecular complexity index is 1460. The normalized spacial score (nSPS) is 23.6. The second-order valence-electron chi connectivity index (χ2n) is 25.7. The Hall–Kier alpha value is -1.27. The molecule has 2 rings (SSSR count). The lowest BCUT2D eigenvalue weighted by Crippen LogP contribution is -2.65. The van der Waals surface area contributed by atoms with Crippen molar-refractivity contribution in [2.75, 3.05) is 19.8 Å². The number of allylic oxidation sites excluding steroid dienone is 1. The summed E-state index contributed by atoms with van der Waals surface area (Å²) in [4.78, 5) is 13.3. The third kappa shape index (κ3) is 39.7. The van der Waals surface area contributed by atoms with Crippen molar-refractivity contribution in [1.29, 1.82) is 0 Å². The van der Waals surface area contributed by atoms with Gasteiger partial charge in [0.25, 0.3) is 0 Å². The van der Waals surface area contributed by atoms with Crippen LogP contribution in [0.1, 0.15) is 335 Å². The van der Waals surface area contributed by atoms with E-state index in [0.29, 0.717) is 6.42 Å². The highest BCUT2D eigenvalue weighted by atomic mass is 16.7. The highest BCUT2D eigenvalue weighted by molar-refractivity contribution is 5.76. The van der Waals surface area contributed by atoms with Crippen molar-refractivity contribution in [2.45, 2.75) is 408 Å². The predicted octanol–water partition coefficient (Wildman–Crippen LogP) is 14.6. The number of hydrogen-bond donors (Lipinski definition) is 9. The Kier molecular flexibility index (Phi) is 52.3. The number of rotatable bonds is 60. The monoisotopic (exact) mass is 1200 g/mol. The lowest BCUT2D eigenvalue weighted by molar-refractivity contribution is -0.359. The molecule has 0 bridgehead atoms. The molecule has 12 atom stereocenters. The molecule has 14 nitrogen and oxygen atoms in total. The second kappa shape index (κ2) is 55.8. The maximum atomic E-state index is 13.3. The van der Waals surface area contributed by atoms with Gasteiger partial charge in [-0.2, -0.15) is 0 Å². The van der Waals surface area contributed by atoms with Crippen LogP contribution >= 0.6 is 0 Å². The van der Waals surface area contributed by atoms with Crippen LogP contribution in [-0.2, 0) is 23.7 Å². The summed E-state index contributed by atoms with van der Waals surface area (Å²) in [6.45, 7) is 2.81. The molecule has 1 amide bonds. The van der Waals surface area contributed by atoms with E-state index in [4.69, 9.17) is 18.9 Å². The van der Waals surface area contributed by atoms with Gasteiger partial charge in [0.2, 0.25) is 5.91 Å². The van der Waals surface area contributed by atoms with Gasteiger partial charge in [-0.25, -0.2) is 0 Å². The molecule has 0 saturated carbocycles. The van der Waals surface area contributed by atoms with Crippen molar-refractivity contribution >= 4 is 5.91 Å². The quantitative estimate of drug-likeness (QED) is 0.0204. The summed E-state index contributed by atoms with van der Waals surface area (Å²) < 4.78 is 22.8. The van der Waals surface area contributed by atoms with E-state index in [1.807, 2.05) is 6.08 Å². The van der Waals surface area contributed by atoms with Gasteiger partial charge in [-0.05, 0) is 19.3 Å². The van der Waals surface area contributed by atoms with E-state index < -0.39 is 86.8 Å². The van der Waals surface area contributed by atoms with Crippen molar-refractivity contribution in [1.82, 2.24) is 5.32 Å². The molecule has 0 aliphatic carbocycles. The standard InChI is InChI=1S/C70H135NO13/c1-3-5-7-9-11-13-15-16-17-18-19-20-21-22-23-24-25-26-27-28-29-30-31-32-33-34-35-36-37-38-39-40-41-42-43-44-46-48-50-52-54-62(75)71-58(59(74)53-51-49-47-45-14-12-10-8-6-4-2)57-81-69-67(80)65(78)68(61(56-73)83-69)84-70-66(79)64(77)63(76)60(55-72)82-70/h51,53,58-61,63-70,72-74,76-80H,3-50,52,54-57H2,1-2H3,(H,71,75)/b53-51+. The average Bonchev–Trinajstić information content (AvgIpc) is 3.67. The topological polar surface area (TPSA) is 228 Å². The number of carbonyl (C=O) groups excluding carboxylic acids is 1. The SMILES string of the molecule is CCCCCCCCCC/C=C/C(O)C(COC1OC(CO)C(OC2OC(CO)C(O)C(O)C2O)C(O)C1O)NC(=O)CCCCCCCCCCCCCCCCCCCCCCCCCCCCCCCCCCCCCCCCCC. The van der Waals surface area contributed by atoms with E-state index in [1.54, 1.807) is 6.08 Å². The van der Waals surface area contributed by atoms with Crippen molar-refractivity contribution in [3.63, 3.8) is 0 Å². The molecule has 0 radical (unpaired) electrons. The van der Waals surface area contributed by atoms with Crippen LogP contribution < -0.4 is 5.32 Å². The molecule has 0 spiro atoms. The number of nitrogens with one attached hydrogen (secondary N) is 1. The van der Waals surface area contributed by atoms with E-state index in [2.05, 4.69) is 19.2 Å². The van der Waals surface area contributed by atoms with Crippen LogP contribution in [0.15, 0.2) is 12.2 Å². The van der Waals surface area contributed by atoms with E-state index in [9.17, 15) is 45.6 Å². The van der Waals surface area contributed by atoms with Crippen LogP contribution in [0.4, 0.5) is 0 Å². The Balaban J connectivity index is 1.49. The summed E-state index contributed by atoms with van der Waals surface area (Å²) >= 11 is 0. The number of amides is 1. The second-order valence-corrected chi connectivity index (χ2v) is 25.7. The molecule has 12 unspecified atom stereocenters. The molecule has 2 aliphatic rings. The zero-order valence-electron chi connectivity index (χ0n) is 54.2. The summed E-state index contributed by atoms with van der Waals surface area (Å²) in [7, 11) is 0. The van der Waals surface area contributed by atoms with Gasteiger partial charge in [0, 0.05) is 6.42 Å². The van der Waals surface area contributed by atoms with Crippen molar-refractivity contribution in [3.8, 4) is 0 Å². The fourth-order valence-electron chi connectivity index (χ4n) is 12.2. The predicted molar refractivity (Wildman–Crippen MR) is 342 cm³/mol. The third-order valence-corrected chi connectivity index (χ3v) is 18.0. The highest BCUT2D eigenvalue weighted by Gasteiger charge is 2.51. The van der Waals surface area contributed by atoms with Gasteiger partial charge >= 0.3 is 0 Å². The van der Waals surface area contributed by atoms with Crippen LogP contribution in [0.25, 0.3) is 0 Å². The molecule has 14 heteroatoms. The number of aliphatic hydroxyl groups excluding tert-OH is 8. The van der Waals surface area contributed by atoms with Crippen LogP contribution in [0.5, 0.6) is 0 Å². The molecule has 2 saturated heterocycles. The number of unbranched alkanes of at least 4 members (excludes halogenated alkanes) is 47. The molecule has 2 heterocycles. The first kappa shape index (κ1) is 78.8. The minimum Gasteiger partial charge on any atom is -0.394 e. The van der Waals surface area contributed by atoms with Crippen LogP contribution in [-0.4, -0.2) is 140 Å². The Morgan fingerprint density at radius 1 is 0.417 bits per heavy atom. The minimum atomic E-state index is -1.79. The summed E-state index contributed by atoms with van der Waals surface area (Å²) in [5.74, 6) is -0.234. The molecule has 84 heavy (non-hydrogen) atoms. The van der Waals surface area contributed by atoms with Crippen molar-refractivity contribution in [3.05, 3.63) is 12.2 Å². The fraction of sp³-hybridized carbons (Fsp3) is 0.957. The van der Waals surface area contributed by atoms with E-state index in [1.165, 1.54) is 270 Å². The summed E-state index contributed by atoms with van der Waals surface area (Å²) in [5.41, 5.74) is 0. The maximum Gasteiger partial charge on any atom is 0.220 e. The number of carbonyl (C=O) groups is 1.